The zero-order valence-electron chi connectivity index (χ0n) is 13.9. The Balaban J connectivity index is 2.17. The molecule has 1 aliphatic heterocycles. The number of carbonyl (C=O) groups excluding carboxylic acids is 1. The van der Waals surface area contributed by atoms with Crippen LogP contribution in [0, 0.1) is 0 Å². The molecule has 1 N–H and O–H groups in total. The van der Waals surface area contributed by atoms with Crippen LogP contribution in [0.3, 0.4) is 0 Å². The van der Waals surface area contributed by atoms with Gasteiger partial charge in [0.25, 0.3) is 0 Å². The van der Waals surface area contributed by atoms with Gasteiger partial charge in [0.05, 0.1) is 11.6 Å². The number of nitrogens with one attached hydrogen (secondary N) is 1. The molecule has 1 aliphatic rings. The van der Waals surface area contributed by atoms with Crippen LogP contribution in [-0.4, -0.2) is 15.7 Å². The molecule has 1 amide bonds. The van der Waals surface area contributed by atoms with Crippen molar-refractivity contribution in [2.75, 3.05) is 5.32 Å². The Morgan fingerprint density at radius 2 is 2.14 bits per heavy atom. The van der Waals surface area contributed by atoms with Crippen molar-refractivity contribution in [3.8, 4) is 0 Å². The molecule has 0 saturated carbocycles. The molecule has 22 heavy (non-hydrogen) atoms. The quantitative estimate of drug-likeness (QED) is 0.925. The van der Waals surface area contributed by atoms with E-state index in [1.807, 2.05) is 19.2 Å². The number of carbonyl (C=O) groups is 1. The van der Waals surface area contributed by atoms with Crippen molar-refractivity contribution >= 4 is 11.7 Å². The third-order valence-corrected chi connectivity index (χ3v) is 4.16. The van der Waals surface area contributed by atoms with Crippen LogP contribution in [0.1, 0.15) is 62.8 Å². The highest BCUT2D eigenvalue weighted by Gasteiger charge is 2.37. The van der Waals surface area contributed by atoms with Crippen LogP contribution >= 0.6 is 0 Å². The Morgan fingerprint density at radius 1 is 1.41 bits per heavy atom. The minimum absolute atomic E-state index is 0.00964. The number of furan rings is 1. The highest BCUT2D eigenvalue weighted by molar-refractivity contribution is 5.94. The van der Waals surface area contributed by atoms with E-state index < -0.39 is 0 Å². The number of amides is 1. The largest absolute Gasteiger partial charge is 0.465 e. The predicted octanol–water partition coefficient (Wildman–Crippen LogP) is 3.35. The van der Waals surface area contributed by atoms with E-state index in [0.29, 0.717) is 6.42 Å². The zero-order valence-corrected chi connectivity index (χ0v) is 13.9. The van der Waals surface area contributed by atoms with E-state index in [0.717, 1.165) is 35.0 Å². The second-order valence-corrected chi connectivity index (χ2v) is 6.95. The third kappa shape index (κ3) is 2.34. The molecular formula is C17H23N3O2. The van der Waals surface area contributed by atoms with Crippen LogP contribution in [0.4, 0.5) is 5.82 Å². The molecule has 0 unspecified atom stereocenters. The molecule has 0 spiro atoms. The summed E-state index contributed by atoms with van der Waals surface area (Å²) in [6.45, 7) is 8.49. The number of anilines is 1. The molecule has 5 nitrogen and oxygen atoms in total. The first-order valence-corrected chi connectivity index (χ1v) is 7.77. The van der Waals surface area contributed by atoms with Gasteiger partial charge in [0, 0.05) is 30.9 Å². The summed E-state index contributed by atoms with van der Waals surface area (Å²) < 4.78 is 7.70. The van der Waals surface area contributed by atoms with Gasteiger partial charge < -0.3 is 9.73 Å². The average molecular weight is 301 g/mol. The lowest BCUT2D eigenvalue weighted by Gasteiger charge is -2.25. The van der Waals surface area contributed by atoms with Gasteiger partial charge in [-0.15, -0.1) is 0 Å². The van der Waals surface area contributed by atoms with Crippen LogP contribution in [-0.2, 0) is 23.7 Å². The number of fused-ring (bicyclic) bond motifs is 1. The molecule has 0 aliphatic carbocycles. The van der Waals surface area contributed by atoms with Crippen LogP contribution in [0.15, 0.2) is 16.5 Å². The summed E-state index contributed by atoms with van der Waals surface area (Å²) in [5, 5.41) is 7.62. The molecule has 1 atom stereocenters. The zero-order chi connectivity index (χ0) is 16.1. The standard InChI is InChI=1S/C17H23N3O2/c1-6-10-7-8-12(22-10)11-9-13(21)18-16-14(11)15(17(2,3)4)19-20(16)5/h7-8,11H,6,9H2,1-5H3,(H,18,21)/t11-/m1/s1. The molecule has 3 heterocycles. The number of hydrogen-bond acceptors (Lipinski definition) is 3. The van der Waals surface area contributed by atoms with Crippen molar-refractivity contribution in [3.05, 3.63) is 34.9 Å². The Bertz CT molecular complexity index is 719. The number of aryl methyl sites for hydroxylation is 2. The lowest BCUT2D eigenvalue weighted by molar-refractivity contribution is -0.116. The minimum atomic E-state index is -0.0914. The van der Waals surface area contributed by atoms with Gasteiger partial charge in [-0.1, -0.05) is 27.7 Å². The van der Waals surface area contributed by atoms with E-state index in [1.165, 1.54) is 0 Å². The smallest absolute Gasteiger partial charge is 0.226 e. The molecule has 118 valence electrons. The maximum atomic E-state index is 12.1. The van der Waals surface area contributed by atoms with Crippen molar-refractivity contribution in [3.63, 3.8) is 0 Å². The monoisotopic (exact) mass is 301 g/mol. The van der Waals surface area contributed by atoms with Gasteiger partial charge in [0.2, 0.25) is 5.91 Å². The van der Waals surface area contributed by atoms with Crippen molar-refractivity contribution < 1.29 is 9.21 Å². The van der Waals surface area contributed by atoms with Crippen LogP contribution in [0.5, 0.6) is 0 Å². The number of hydrogen-bond donors (Lipinski definition) is 1. The molecule has 0 radical (unpaired) electrons. The molecular weight excluding hydrogens is 278 g/mol. The van der Waals surface area contributed by atoms with Gasteiger partial charge in [-0.25, -0.2) is 0 Å². The summed E-state index contributed by atoms with van der Waals surface area (Å²) >= 11 is 0. The van der Waals surface area contributed by atoms with Gasteiger partial charge in [-0.2, -0.15) is 5.10 Å². The fraction of sp³-hybridized carbons (Fsp3) is 0.529. The van der Waals surface area contributed by atoms with Crippen molar-refractivity contribution in [2.45, 2.75) is 51.9 Å². The Morgan fingerprint density at radius 3 is 2.73 bits per heavy atom. The molecule has 5 heteroatoms. The normalized spacial score (nSPS) is 18.2. The molecule has 0 fully saturated rings. The Labute approximate surface area is 130 Å². The third-order valence-electron chi connectivity index (χ3n) is 4.16. The van der Waals surface area contributed by atoms with Crippen molar-refractivity contribution in [2.24, 2.45) is 7.05 Å². The highest BCUT2D eigenvalue weighted by Crippen LogP contribution is 2.43. The minimum Gasteiger partial charge on any atom is -0.465 e. The first-order valence-electron chi connectivity index (χ1n) is 7.77. The average Bonchev–Trinajstić information content (AvgIpc) is 3.03. The van der Waals surface area contributed by atoms with Crippen molar-refractivity contribution in [1.82, 2.24) is 9.78 Å². The maximum absolute atomic E-state index is 12.1. The summed E-state index contributed by atoms with van der Waals surface area (Å²) in [6.07, 6.45) is 1.25. The lowest BCUT2D eigenvalue weighted by Crippen LogP contribution is -2.26. The summed E-state index contributed by atoms with van der Waals surface area (Å²) in [4.78, 5) is 12.1. The second kappa shape index (κ2) is 5.00. The summed E-state index contributed by atoms with van der Waals surface area (Å²) in [7, 11) is 1.87. The van der Waals surface area contributed by atoms with Gasteiger partial charge in [-0.05, 0) is 12.1 Å². The molecule has 2 aromatic rings. The van der Waals surface area contributed by atoms with E-state index in [2.05, 4.69) is 38.1 Å². The van der Waals surface area contributed by atoms with E-state index in [1.54, 1.807) is 4.68 Å². The molecule has 0 bridgehead atoms. The SMILES string of the molecule is CCc1ccc([C@H]2CC(=O)Nc3c2c(C(C)(C)C)nn3C)o1. The summed E-state index contributed by atoms with van der Waals surface area (Å²) in [5.74, 6) is 2.54. The second-order valence-electron chi connectivity index (χ2n) is 6.95. The number of nitrogens with zero attached hydrogens (tertiary/aromatic N) is 2. The van der Waals surface area contributed by atoms with Gasteiger partial charge in [0.15, 0.2) is 0 Å². The van der Waals surface area contributed by atoms with E-state index >= 15 is 0 Å². The lowest BCUT2D eigenvalue weighted by atomic mass is 9.81. The first-order chi connectivity index (χ1) is 10.3. The van der Waals surface area contributed by atoms with E-state index in [9.17, 15) is 4.79 Å². The van der Waals surface area contributed by atoms with Gasteiger partial charge >= 0.3 is 0 Å². The maximum Gasteiger partial charge on any atom is 0.226 e. The summed E-state index contributed by atoms with van der Waals surface area (Å²) in [6, 6.07) is 3.99. The molecule has 0 aromatic carbocycles. The van der Waals surface area contributed by atoms with Crippen LogP contribution in [0.25, 0.3) is 0 Å². The Hall–Kier alpha value is -2.04. The number of aromatic nitrogens is 2. The van der Waals surface area contributed by atoms with Crippen LogP contribution in [0.2, 0.25) is 0 Å². The fourth-order valence-corrected chi connectivity index (χ4v) is 3.06. The van der Waals surface area contributed by atoms with Gasteiger partial charge in [0.1, 0.15) is 17.3 Å². The predicted molar refractivity (Wildman–Crippen MR) is 85.1 cm³/mol. The van der Waals surface area contributed by atoms with Gasteiger partial charge in [-0.3, -0.25) is 9.48 Å². The van der Waals surface area contributed by atoms with E-state index in [-0.39, 0.29) is 17.2 Å². The Kier molecular flexibility index (Phi) is 3.38. The highest BCUT2D eigenvalue weighted by atomic mass is 16.3. The van der Waals surface area contributed by atoms with E-state index in [4.69, 9.17) is 4.42 Å². The molecule has 3 rings (SSSR count). The topological polar surface area (TPSA) is 60.1 Å². The first kappa shape index (κ1) is 14.9. The van der Waals surface area contributed by atoms with Crippen molar-refractivity contribution in [1.29, 1.82) is 0 Å². The fourth-order valence-electron chi connectivity index (χ4n) is 3.06. The molecule has 0 saturated heterocycles. The summed E-state index contributed by atoms with van der Waals surface area (Å²) in [5.41, 5.74) is 2.02. The molecule has 2 aromatic heterocycles. The number of rotatable bonds is 2. The van der Waals surface area contributed by atoms with Crippen LogP contribution < -0.4 is 5.32 Å².